The summed E-state index contributed by atoms with van der Waals surface area (Å²) in [7, 11) is 1.51. The van der Waals surface area contributed by atoms with Crippen molar-refractivity contribution in [2.24, 2.45) is 0 Å². The van der Waals surface area contributed by atoms with E-state index in [1.807, 2.05) is 0 Å². The molecule has 27 heavy (non-hydrogen) atoms. The van der Waals surface area contributed by atoms with Crippen LogP contribution in [0.3, 0.4) is 0 Å². The summed E-state index contributed by atoms with van der Waals surface area (Å²) < 4.78 is 15.1. The number of carbonyl (C=O) groups is 3. The van der Waals surface area contributed by atoms with Gasteiger partial charge in [-0.15, -0.1) is 0 Å². The molecule has 0 saturated carbocycles. The van der Waals surface area contributed by atoms with Gasteiger partial charge >= 0.3 is 5.97 Å². The minimum Gasteiger partial charge on any atom is -0.463 e. The van der Waals surface area contributed by atoms with E-state index in [4.69, 9.17) is 14.2 Å². The number of anilines is 1. The molecule has 0 aliphatic carbocycles. The van der Waals surface area contributed by atoms with Crippen LogP contribution in [0.2, 0.25) is 0 Å². The molecule has 1 aromatic carbocycles. The fraction of sp³-hybridized carbons (Fsp3) is 0.526. The second-order valence-electron chi connectivity index (χ2n) is 6.18. The van der Waals surface area contributed by atoms with E-state index in [0.29, 0.717) is 24.4 Å². The van der Waals surface area contributed by atoms with Crippen molar-refractivity contribution in [2.45, 2.75) is 31.8 Å². The number of hydrogen-bond donors (Lipinski definition) is 2. The van der Waals surface area contributed by atoms with Crippen LogP contribution in [-0.4, -0.2) is 57.4 Å². The normalized spacial score (nSPS) is 16.0. The number of rotatable bonds is 10. The van der Waals surface area contributed by atoms with Crippen LogP contribution < -0.4 is 10.6 Å². The molecule has 1 atom stereocenters. The lowest BCUT2D eigenvalue weighted by Gasteiger charge is -2.11. The Morgan fingerprint density at radius 1 is 1.15 bits per heavy atom. The van der Waals surface area contributed by atoms with Gasteiger partial charge in [-0.1, -0.05) is 0 Å². The Morgan fingerprint density at radius 2 is 1.93 bits per heavy atom. The van der Waals surface area contributed by atoms with Crippen molar-refractivity contribution in [3.05, 3.63) is 29.8 Å². The number of nitrogens with one attached hydrogen (secondary N) is 2. The van der Waals surface area contributed by atoms with Gasteiger partial charge in [0.05, 0.1) is 19.1 Å². The molecule has 1 fully saturated rings. The minimum atomic E-state index is -0.444. The van der Waals surface area contributed by atoms with E-state index < -0.39 is 5.97 Å². The average Bonchev–Trinajstić information content (AvgIpc) is 3.19. The lowest BCUT2D eigenvalue weighted by molar-refractivity contribution is -0.145. The second kappa shape index (κ2) is 11.3. The molecule has 1 aliphatic heterocycles. The number of hydrogen-bond acceptors (Lipinski definition) is 6. The number of esters is 1. The number of benzene rings is 1. The fourth-order valence-corrected chi connectivity index (χ4v) is 2.57. The molecule has 8 heteroatoms. The summed E-state index contributed by atoms with van der Waals surface area (Å²) in [6, 6.07) is 6.57. The van der Waals surface area contributed by atoms with Crippen LogP contribution in [0, 0.1) is 0 Å². The van der Waals surface area contributed by atoms with Gasteiger partial charge in [0.15, 0.2) is 0 Å². The molecule has 1 saturated heterocycles. The van der Waals surface area contributed by atoms with Crippen molar-refractivity contribution in [3.63, 3.8) is 0 Å². The average molecular weight is 378 g/mol. The SMILES string of the molecule is COCCOC(=O)CCC(=O)Nc1ccc(C(=O)NCC2CCCO2)cc1. The molecule has 1 heterocycles. The minimum absolute atomic E-state index is 0.000719. The van der Waals surface area contributed by atoms with Crippen LogP contribution >= 0.6 is 0 Å². The van der Waals surface area contributed by atoms with E-state index >= 15 is 0 Å². The molecule has 0 spiro atoms. The highest BCUT2D eigenvalue weighted by atomic mass is 16.6. The first-order chi connectivity index (χ1) is 13.1. The first-order valence-corrected chi connectivity index (χ1v) is 9.02. The number of amides is 2. The van der Waals surface area contributed by atoms with E-state index in [0.717, 1.165) is 19.4 Å². The number of methoxy groups -OCH3 is 1. The number of carbonyl (C=O) groups excluding carboxylic acids is 3. The summed E-state index contributed by atoms with van der Waals surface area (Å²) in [5.41, 5.74) is 1.07. The number of ether oxygens (including phenoxy) is 3. The van der Waals surface area contributed by atoms with E-state index in [9.17, 15) is 14.4 Å². The summed E-state index contributed by atoms with van der Waals surface area (Å²) in [5, 5.41) is 5.53. The Hall–Kier alpha value is -2.45. The van der Waals surface area contributed by atoms with Crippen molar-refractivity contribution in [1.82, 2.24) is 5.32 Å². The molecule has 1 aromatic rings. The molecule has 1 aliphatic rings. The van der Waals surface area contributed by atoms with E-state index in [-0.39, 0.29) is 37.4 Å². The van der Waals surface area contributed by atoms with Gasteiger partial charge in [0.25, 0.3) is 5.91 Å². The topological polar surface area (TPSA) is 103 Å². The maximum absolute atomic E-state index is 12.1. The molecular formula is C19H26N2O6. The third-order valence-electron chi connectivity index (χ3n) is 4.05. The molecule has 0 bridgehead atoms. The predicted molar refractivity (Wildman–Crippen MR) is 98.4 cm³/mol. The molecule has 2 rings (SSSR count). The molecular weight excluding hydrogens is 352 g/mol. The summed E-state index contributed by atoms with van der Waals surface area (Å²) in [5.74, 6) is -0.920. The molecule has 2 N–H and O–H groups in total. The van der Waals surface area contributed by atoms with Crippen molar-refractivity contribution in [2.75, 3.05) is 38.8 Å². The van der Waals surface area contributed by atoms with Gasteiger partial charge in [-0.25, -0.2) is 0 Å². The maximum Gasteiger partial charge on any atom is 0.306 e. The van der Waals surface area contributed by atoms with Crippen LogP contribution in [0.25, 0.3) is 0 Å². The second-order valence-corrected chi connectivity index (χ2v) is 6.18. The van der Waals surface area contributed by atoms with Crippen LogP contribution in [-0.2, 0) is 23.8 Å². The quantitative estimate of drug-likeness (QED) is 0.472. The van der Waals surface area contributed by atoms with Gasteiger partial charge in [-0.3, -0.25) is 14.4 Å². The molecule has 0 aromatic heterocycles. The fourth-order valence-electron chi connectivity index (χ4n) is 2.57. The summed E-state index contributed by atoms with van der Waals surface area (Å²) in [6.07, 6.45) is 2.10. The van der Waals surface area contributed by atoms with Crippen LogP contribution in [0.5, 0.6) is 0 Å². The van der Waals surface area contributed by atoms with Crippen molar-refractivity contribution in [1.29, 1.82) is 0 Å². The van der Waals surface area contributed by atoms with Gasteiger partial charge in [0.1, 0.15) is 6.61 Å². The zero-order chi connectivity index (χ0) is 19.5. The highest BCUT2D eigenvalue weighted by Crippen LogP contribution is 2.12. The lowest BCUT2D eigenvalue weighted by Crippen LogP contribution is -2.31. The maximum atomic E-state index is 12.1. The lowest BCUT2D eigenvalue weighted by atomic mass is 10.1. The van der Waals surface area contributed by atoms with Gasteiger partial charge in [0.2, 0.25) is 5.91 Å². The zero-order valence-corrected chi connectivity index (χ0v) is 15.5. The standard InChI is InChI=1S/C19H26N2O6/c1-25-11-12-27-18(23)9-8-17(22)21-15-6-4-14(5-7-15)19(24)20-13-16-3-2-10-26-16/h4-7,16H,2-3,8-13H2,1H3,(H,20,24)(H,21,22). The molecule has 0 radical (unpaired) electrons. The smallest absolute Gasteiger partial charge is 0.306 e. The Kier molecular flexibility index (Phi) is 8.73. The Morgan fingerprint density at radius 3 is 2.59 bits per heavy atom. The van der Waals surface area contributed by atoms with Crippen molar-refractivity contribution < 1.29 is 28.6 Å². The van der Waals surface area contributed by atoms with Gasteiger partial charge in [0, 0.05) is 37.9 Å². The first-order valence-electron chi connectivity index (χ1n) is 9.02. The van der Waals surface area contributed by atoms with E-state index in [1.165, 1.54) is 7.11 Å². The highest BCUT2D eigenvalue weighted by Gasteiger charge is 2.16. The van der Waals surface area contributed by atoms with Gasteiger partial charge < -0.3 is 24.8 Å². The molecule has 8 nitrogen and oxygen atoms in total. The summed E-state index contributed by atoms with van der Waals surface area (Å²) in [6.45, 7) is 1.75. The van der Waals surface area contributed by atoms with E-state index in [2.05, 4.69) is 10.6 Å². The Balaban J connectivity index is 1.70. The van der Waals surface area contributed by atoms with Gasteiger partial charge in [-0.05, 0) is 37.1 Å². The monoisotopic (exact) mass is 378 g/mol. The predicted octanol–water partition coefficient (Wildman–Crippen LogP) is 1.50. The summed E-state index contributed by atoms with van der Waals surface area (Å²) >= 11 is 0. The summed E-state index contributed by atoms with van der Waals surface area (Å²) in [4.78, 5) is 35.4. The largest absolute Gasteiger partial charge is 0.463 e. The third-order valence-corrected chi connectivity index (χ3v) is 4.05. The molecule has 2 amide bonds. The van der Waals surface area contributed by atoms with Gasteiger partial charge in [-0.2, -0.15) is 0 Å². The molecule has 148 valence electrons. The Bertz CT molecular complexity index is 626. The van der Waals surface area contributed by atoms with Crippen LogP contribution in [0.4, 0.5) is 5.69 Å². The van der Waals surface area contributed by atoms with Crippen molar-refractivity contribution in [3.8, 4) is 0 Å². The van der Waals surface area contributed by atoms with Crippen molar-refractivity contribution >= 4 is 23.5 Å². The van der Waals surface area contributed by atoms with E-state index in [1.54, 1.807) is 24.3 Å². The molecule has 1 unspecified atom stereocenters. The Labute approximate surface area is 158 Å². The zero-order valence-electron chi connectivity index (χ0n) is 15.5. The van der Waals surface area contributed by atoms with Crippen LogP contribution in [0.1, 0.15) is 36.0 Å². The first kappa shape index (κ1) is 20.9. The third kappa shape index (κ3) is 7.76. The highest BCUT2D eigenvalue weighted by molar-refractivity contribution is 5.96. The van der Waals surface area contributed by atoms with Crippen LogP contribution in [0.15, 0.2) is 24.3 Å².